The van der Waals surface area contributed by atoms with Gasteiger partial charge in [-0.25, -0.2) is 4.79 Å². The van der Waals surface area contributed by atoms with Gasteiger partial charge in [0, 0.05) is 18.0 Å². The van der Waals surface area contributed by atoms with Crippen molar-refractivity contribution in [2.24, 2.45) is 0 Å². The van der Waals surface area contributed by atoms with Gasteiger partial charge in [0.25, 0.3) is 0 Å². The average molecular weight is 285 g/mol. The summed E-state index contributed by atoms with van der Waals surface area (Å²) in [6.07, 6.45) is 0. The number of para-hydroxylation sites is 1. The number of carbonyl (C=O) groups excluding carboxylic acids is 1. The van der Waals surface area contributed by atoms with Crippen molar-refractivity contribution in [2.45, 2.75) is 6.61 Å². The first kappa shape index (κ1) is 13.6. The number of anilines is 2. The Balaban J connectivity index is 1.73. The molecule has 0 aromatic heterocycles. The van der Waals surface area contributed by atoms with Gasteiger partial charge in [0.1, 0.15) is 0 Å². The lowest BCUT2D eigenvalue weighted by atomic mass is 9.70. The molecule has 0 radical (unpaired) electrons. The third kappa shape index (κ3) is 2.90. The fourth-order valence-electron chi connectivity index (χ4n) is 2.26. The van der Waals surface area contributed by atoms with E-state index in [2.05, 4.69) is 10.6 Å². The van der Waals surface area contributed by atoms with Crippen LogP contribution >= 0.6 is 0 Å². The molecule has 0 aliphatic carbocycles. The van der Waals surface area contributed by atoms with E-state index in [9.17, 15) is 14.8 Å². The molecular weight excluding hydrogens is 271 g/mol. The third-order valence-corrected chi connectivity index (χ3v) is 3.31. The number of benzene rings is 2. The zero-order valence-corrected chi connectivity index (χ0v) is 11.1. The summed E-state index contributed by atoms with van der Waals surface area (Å²) in [6, 6.07) is 13.5. The highest BCUT2D eigenvalue weighted by atomic mass is 16.6. The lowest BCUT2D eigenvalue weighted by molar-refractivity contribution is 0.169. The van der Waals surface area contributed by atoms with E-state index in [1.54, 1.807) is 24.3 Å². The summed E-state index contributed by atoms with van der Waals surface area (Å²) in [4.78, 5) is 11.9. The van der Waals surface area contributed by atoms with E-state index in [1.807, 2.05) is 18.2 Å². The lowest BCUT2D eigenvalue weighted by Gasteiger charge is -2.22. The monoisotopic (exact) mass is 285 g/mol. The van der Waals surface area contributed by atoms with E-state index in [1.165, 1.54) is 6.07 Å². The van der Waals surface area contributed by atoms with Gasteiger partial charge in [-0.1, -0.05) is 35.9 Å². The van der Waals surface area contributed by atoms with Crippen molar-refractivity contribution in [2.75, 3.05) is 10.6 Å². The molecule has 0 spiro atoms. The van der Waals surface area contributed by atoms with Crippen molar-refractivity contribution in [3.05, 3.63) is 54.1 Å². The van der Waals surface area contributed by atoms with Crippen LogP contribution in [0.5, 0.6) is 0 Å². The Morgan fingerprint density at radius 1 is 1.05 bits per heavy atom. The molecule has 1 aliphatic rings. The van der Waals surface area contributed by atoms with Gasteiger partial charge in [0.2, 0.25) is 0 Å². The SMILES string of the molecule is O=C(Nc1ccccc1)Nc1ccc2c(c1)[B-](O)(O)OC2. The second-order valence-corrected chi connectivity index (χ2v) is 4.87. The molecule has 7 heteroatoms. The van der Waals surface area contributed by atoms with Crippen LogP contribution < -0.4 is 16.1 Å². The maximum atomic E-state index is 11.9. The molecule has 2 aromatic carbocycles. The van der Waals surface area contributed by atoms with Gasteiger partial charge >= 0.3 is 12.8 Å². The van der Waals surface area contributed by atoms with Crippen LogP contribution in [-0.2, 0) is 11.3 Å². The highest BCUT2D eigenvalue weighted by molar-refractivity contribution is 6.74. The Kier molecular flexibility index (Phi) is 3.38. The number of hydrogen-bond donors (Lipinski definition) is 4. The van der Waals surface area contributed by atoms with E-state index in [4.69, 9.17) is 4.65 Å². The van der Waals surface area contributed by atoms with Crippen LogP contribution in [0, 0.1) is 0 Å². The first-order chi connectivity index (χ1) is 10.0. The highest BCUT2D eigenvalue weighted by Gasteiger charge is 2.31. The first-order valence-electron chi connectivity index (χ1n) is 6.54. The number of carbonyl (C=O) groups is 1. The van der Waals surface area contributed by atoms with Gasteiger partial charge < -0.3 is 25.3 Å². The molecule has 0 fully saturated rings. The van der Waals surface area contributed by atoms with E-state index < -0.39 is 12.8 Å². The van der Waals surface area contributed by atoms with Gasteiger partial charge in [-0.15, -0.1) is 5.46 Å². The second-order valence-electron chi connectivity index (χ2n) is 4.87. The zero-order valence-electron chi connectivity index (χ0n) is 11.1. The summed E-state index contributed by atoms with van der Waals surface area (Å²) in [5.41, 5.74) is 2.13. The Morgan fingerprint density at radius 2 is 1.76 bits per heavy atom. The van der Waals surface area contributed by atoms with Crippen molar-refractivity contribution < 1.29 is 19.5 Å². The molecular formula is C14H14BN2O4-. The van der Waals surface area contributed by atoms with E-state index >= 15 is 0 Å². The quantitative estimate of drug-likeness (QED) is 0.619. The molecule has 2 amide bonds. The van der Waals surface area contributed by atoms with Crippen LogP contribution in [0.1, 0.15) is 5.56 Å². The van der Waals surface area contributed by atoms with Crippen molar-refractivity contribution in [1.29, 1.82) is 0 Å². The zero-order chi connectivity index (χ0) is 14.9. The Morgan fingerprint density at radius 3 is 2.52 bits per heavy atom. The summed E-state index contributed by atoms with van der Waals surface area (Å²) in [5.74, 6) is 0. The first-order valence-corrected chi connectivity index (χ1v) is 6.54. The minimum absolute atomic E-state index is 0.152. The van der Waals surface area contributed by atoms with Gasteiger partial charge in [-0.3, -0.25) is 0 Å². The van der Waals surface area contributed by atoms with Crippen LogP contribution in [0.4, 0.5) is 16.2 Å². The topological polar surface area (TPSA) is 90.8 Å². The van der Waals surface area contributed by atoms with Crippen LogP contribution in [0.3, 0.4) is 0 Å². The molecule has 0 bridgehead atoms. The molecule has 108 valence electrons. The minimum atomic E-state index is -2.97. The van der Waals surface area contributed by atoms with Crippen LogP contribution in [0.15, 0.2) is 48.5 Å². The molecule has 6 nitrogen and oxygen atoms in total. The summed E-state index contributed by atoms with van der Waals surface area (Å²) in [6.45, 7) is -2.82. The summed E-state index contributed by atoms with van der Waals surface area (Å²) >= 11 is 0. The minimum Gasteiger partial charge on any atom is -0.556 e. The molecule has 1 heterocycles. The van der Waals surface area contributed by atoms with Crippen molar-refractivity contribution in [3.63, 3.8) is 0 Å². The fraction of sp³-hybridized carbons (Fsp3) is 0.0714. The van der Waals surface area contributed by atoms with Crippen molar-refractivity contribution in [3.8, 4) is 0 Å². The molecule has 21 heavy (non-hydrogen) atoms. The van der Waals surface area contributed by atoms with Gasteiger partial charge in [-0.05, 0) is 18.2 Å². The highest BCUT2D eigenvalue weighted by Crippen LogP contribution is 2.19. The van der Waals surface area contributed by atoms with Gasteiger partial charge in [-0.2, -0.15) is 0 Å². The van der Waals surface area contributed by atoms with Crippen LogP contribution in [0.2, 0.25) is 0 Å². The normalized spacial score (nSPS) is 15.3. The number of rotatable bonds is 2. The Bertz CT molecular complexity index is 676. The summed E-state index contributed by atoms with van der Waals surface area (Å²) < 4.78 is 4.91. The third-order valence-electron chi connectivity index (χ3n) is 3.31. The molecule has 2 aromatic rings. The Hall–Kier alpha value is -2.35. The molecule has 3 rings (SSSR count). The van der Waals surface area contributed by atoms with Crippen molar-refractivity contribution in [1.82, 2.24) is 0 Å². The smallest absolute Gasteiger partial charge is 0.405 e. The van der Waals surface area contributed by atoms with E-state index in [-0.39, 0.29) is 6.61 Å². The van der Waals surface area contributed by atoms with Crippen molar-refractivity contribution >= 4 is 29.6 Å². The van der Waals surface area contributed by atoms with Crippen LogP contribution in [-0.4, -0.2) is 22.8 Å². The van der Waals surface area contributed by atoms with Crippen LogP contribution in [0.25, 0.3) is 0 Å². The summed E-state index contributed by atoms with van der Waals surface area (Å²) in [7, 11) is 0. The second kappa shape index (κ2) is 5.21. The number of urea groups is 1. The largest absolute Gasteiger partial charge is 0.556 e. The lowest BCUT2D eigenvalue weighted by Crippen LogP contribution is -2.47. The predicted octanol–water partition coefficient (Wildman–Crippen LogP) is 0.991. The number of hydrogen-bond acceptors (Lipinski definition) is 4. The summed E-state index contributed by atoms with van der Waals surface area (Å²) in [5, 5.41) is 24.7. The van der Waals surface area contributed by atoms with Gasteiger partial charge in [0.05, 0.1) is 0 Å². The van der Waals surface area contributed by atoms with E-state index in [0.29, 0.717) is 22.4 Å². The van der Waals surface area contributed by atoms with Gasteiger partial charge in [0.15, 0.2) is 0 Å². The van der Waals surface area contributed by atoms with E-state index in [0.717, 1.165) is 0 Å². The number of amides is 2. The predicted molar refractivity (Wildman–Crippen MR) is 80.1 cm³/mol. The molecule has 0 saturated heterocycles. The standard InChI is InChI=1S/C14H14BN2O4/c18-14(16-11-4-2-1-3-5-11)17-12-7-6-10-9-21-15(19,20)13(10)8-12/h1-8,19-20H,9H2,(H2,16,17,18)/q-1. The Labute approximate surface area is 121 Å². The number of fused-ring (bicyclic) bond motifs is 1. The maximum Gasteiger partial charge on any atom is 0.405 e. The molecule has 0 atom stereocenters. The number of nitrogens with one attached hydrogen (secondary N) is 2. The fourth-order valence-corrected chi connectivity index (χ4v) is 2.26. The average Bonchev–Trinajstić information content (AvgIpc) is 2.75. The molecule has 0 unspecified atom stereocenters. The molecule has 4 N–H and O–H groups in total. The molecule has 1 aliphatic heterocycles. The maximum absolute atomic E-state index is 11.9. The molecule has 0 saturated carbocycles.